The SMILES string of the molecule is CCCCN1C(C)=NS(=O)(=O)c2cc(C(=O)N3CCN(c4ccc(OC)cc4)CC3)ccc21. The summed E-state index contributed by atoms with van der Waals surface area (Å²) >= 11 is 0. The molecule has 0 aliphatic carbocycles. The highest BCUT2D eigenvalue weighted by Gasteiger charge is 2.31. The Balaban J connectivity index is 1.50. The number of methoxy groups -OCH3 is 1. The summed E-state index contributed by atoms with van der Waals surface area (Å²) in [4.78, 5) is 19.2. The summed E-state index contributed by atoms with van der Waals surface area (Å²) in [5.41, 5.74) is 2.06. The predicted octanol–water partition coefficient (Wildman–Crippen LogP) is 3.38. The van der Waals surface area contributed by atoms with E-state index < -0.39 is 10.0 Å². The van der Waals surface area contributed by atoms with Crippen molar-refractivity contribution in [3.05, 3.63) is 48.0 Å². The van der Waals surface area contributed by atoms with Crippen LogP contribution in [0.15, 0.2) is 51.8 Å². The van der Waals surface area contributed by atoms with Crippen LogP contribution in [0.5, 0.6) is 5.75 Å². The standard InChI is InChI=1S/C24H30N4O4S/c1-4-5-12-28-18(2)25-33(30,31)23-17-19(6-11-22(23)28)24(29)27-15-13-26(14-16-27)20-7-9-21(32-3)10-8-20/h6-11,17H,4-5,12-16H2,1-3H3. The molecule has 2 heterocycles. The van der Waals surface area contributed by atoms with Gasteiger partial charge in [0.25, 0.3) is 15.9 Å². The molecule has 1 amide bonds. The molecule has 8 nitrogen and oxygen atoms in total. The van der Waals surface area contributed by atoms with E-state index in [1.165, 1.54) is 6.07 Å². The lowest BCUT2D eigenvalue weighted by atomic mass is 10.1. The average Bonchev–Trinajstić information content (AvgIpc) is 2.83. The summed E-state index contributed by atoms with van der Waals surface area (Å²) in [6.07, 6.45) is 1.91. The van der Waals surface area contributed by atoms with E-state index in [0.717, 1.165) is 24.3 Å². The van der Waals surface area contributed by atoms with Crippen molar-refractivity contribution in [2.24, 2.45) is 4.40 Å². The zero-order chi connectivity index (χ0) is 23.6. The summed E-state index contributed by atoms with van der Waals surface area (Å²) < 4.78 is 34.6. The second kappa shape index (κ2) is 9.43. The number of fused-ring (bicyclic) bond motifs is 1. The number of sulfonamides is 1. The average molecular weight is 471 g/mol. The number of nitrogens with zero attached hydrogens (tertiary/aromatic N) is 4. The van der Waals surface area contributed by atoms with Gasteiger partial charge >= 0.3 is 0 Å². The third-order valence-electron chi connectivity index (χ3n) is 6.16. The van der Waals surface area contributed by atoms with Crippen LogP contribution in [0.1, 0.15) is 37.0 Å². The molecule has 0 bridgehead atoms. The Labute approximate surface area is 195 Å². The fourth-order valence-corrected chi connectivity index (χ4v) is 5.53. The van der Waals surface area contributed by atoms with Gasteiger partial charge in [0.15, 0.2) is 0 Å². The third-order valence-corrected chi connectivity index (χ3v) is 7.55. The lowest BCUT2D eigenvalue weighted by molar-refractivity contribution is 0.0746. The molecule has 33 heavy (non-hydrogen) atoms. The van der Waals surface area contributed by atoms with Gasteiger partial charge in [0.2, 0.25) is 0 Å². The molecule has 0 aromatic heterocycles. The fraction of sp³-hybridized carbons (Fsp3) is 0.417. The van der Waals surface area contributed by atoms with Gasteiger partial charge < -0.3 is 19.4 Å². The topological polar surface area (TPSA) is 82.5 Å². The van der Waals surface area contributed by atoms with E-state index in [0.29, 0.717) is 49.8 Å². The minimum Gasteiger partial charge on any atom is -0.497 e. The fourth-order valence-electron chi connectivity index (χ4n) is 4.27. The summed E-state index contributed by atoms with van der Waals surface area (Å²) in [5, 5.41) is 0. The van der Waals surface area contributed by atoms with Gasteiger partial charge in [0.1, 0.15) is 16.5 Å². The second-order valence-electron chi connectivity index (χ2n) is 8.28. The van der Waals surface area contributed by atoms with Crippen LogP contribution in [0.25, 0.3) is 0 Å². The maximum absolute atomic E-state index is 13.2. The number of amides is 1. The predicted molar refractivity (Wildman–Crippen MR) is 130 cm³/mol. The highest BCUT2D eigenvalue weighted by Crippen LogP contribution is 2.33. The van der Waals surface area contributed by atoms with Crippen LogP contribution < -0.4 is 14.5 Å². The van der Waals surface area contributed by atoms with Crippen molar-refractivity contribution in [3.8, 4) is 5.75 Å². The minimum absolute atomic E-state index is 0.104. The summed E-state index contributed by atoms with van der Waals surface area (Å²) in [6.45, 7) is 7.02. The first-order chi connectivity index (χ1) is 15.8. The molecule has 0 N–H and O–H groups in total. The second-order valence-corrected chi connectivity index (χ2v) is 9.85. The van der Waals surface area contributed by atoms with Crippen molar-refractivity contribution >= 4 is 33.1 Å². The van der Waals surface area contributed by atoms with E-state index in [1.807, 2.05) is 29.2 Å². The van der Waals surface area contributed by atoms with E-state index >= 15 is 0 Å². The number of unbranched alkanes of at least 4 members (excludes halogenated alkanes) is 1. The molecule has 2 aromatic rings. The number of hydrogen-bond donors (Lipinski definition) is 0. The molecule has 0 spiro atoms. The molecule has 4 rings (SSSR count). The number of piperazine rings is 1. The van der Waals surface area contributed by atoms with Gasteiger partial charge in [0.05, 0.1) is 12.8 Å². The first-order valence-corrected chi connectivity index (χ1v) is 12.7. The van der Waals surface area contributed by atoms with E-state index in [2.05, 4.69) is 16.2 Å². The zero-order valence-corrected chi connectivity index (χ0v) is 20.1. The van der Waals surface area contributed by atoms with Gasteiger partial charge in [-0.05, 0) is 55.8 Å². The Morgan fingerprint density at radius 3 is 2.39 bits per heavy atom. The van der Waals surface area contributed by atoms with Crippen LogP contribution in [-0.2, 0) is 10.0 Å². The van der Waals surface area contributed by atoms with Gasteiger partial charge in [-0.15, -0.1) is 4.40 Å². The molecule has 2 aromatic carbocycles. The quantitative estimate of drug-likeness (QED) is 0.644. The Morgan fingerprint density at radius 1 is 1.06 bits per heavy atom. The number of amidine groups is 1. The molecule has 0 unspecified atom stereocenters. The first kappa shape index (κ1) is 23.1. The molecule has 0 saturated carbocycles. The van der Waals surface area contributed by atoms with E-state index in [9.17, 15) is 13.2 Å². The first-order valence-electron chi connectivity index (χ1n) is 11.3. The van der Waals surface area contributed by atoms with Crippen LogP contribution >= 0.6 is 0 Å². The van der Waals surface area contributed by atoms with Crippen LogP contribution in [0, 0.1) is 0 Å². The van der Waals surface area contributed by atoms with Gasteiger partial charge in [-0.1, -0.05) is 13.3 Å². The lowest BCUT2D eigenvalue weighted by Gasteiger charge is -2.36. The molecule has 2 aliphatic heterocycles. The van der Waals surface area contributed by atoms with Crippen LogP contribution in [0.4, 0.5) is 11.4 Å². The third kappa shape index (κ3) is 4.68. The normalized spacial score (nSPS) is 17.4. The number of benzene rings is 2. The van der Waals surface area contributed by atoms with Gasteiger partial charge in [0, 0.05) is 44.0 Å². The highest BCUT2D eigenvalue weighted by molar-refractivity contribution is 7.90. The summed E-state index contributed by atoms with van der Waals surface area (Å²) in [5.74, 6) is 1.11. The van der Waals surface area contributed by atoms with E-state index in [1.54, 1.807) is 31.1 Å². The molecule has 0 radical (unpaired) electrons. The summed E-state index contributed by atoms with van der Waals surface area (Å²) in [7, 11) is -2.19. The van der Waals surface area contributed by atoms with Crippen LogP contribution in [0.2, 0.25) is 0 Å². The summed E-state index contributed by atoms with van der Waals surface area (Å²) in [6, 6.07) is 12.8. The molecule has 9 heteroatoms. The maximum atomic E-state index is 13.2. The van der Waals surface area contributed by atoms with Crippen LogP contribution in [-0.4, -0.2) is 64.9 Å². The Morgan fingerprint density at radius 2 is 1.76 bits per heavy atom. The van der Waals surface area contributed by atoms with Crippen molar-refractivity contribution in [2.45, 2.75) is 31.6 Å². The zero-order valence-electron chi connectivity index (χ0n) is 19.3. The van der Waals surface area contributed by atoms with Crippen LogP contribution in [0.3, 0.4) is 0 Å². The van der Waals surface area contributed by atoms with Crippen molar-refractivity contribution in [1.82, 2.24) is 4.90 Å². The van der Waals surface area contributed by atoms with Crippen molar-refractivity contribution in [2.75, 3.05) is 49.6 Å². The van der Waals surface area contributed by atoms with Gasteiger partial charge in [-0.3, -0.25) is 4.79 Å². The highest BCUT2D eigenvalue weighted by atomic mass is 32.2. The van der Waals surface area contributed by atoms with E-state index in [4.69, 9.17) is 4.74 Å². The molecular weight excluding hydrogens is 440 g/mol. The minimum atomic E-state index is -3.83. The molecule has 2 aliphatic rings. The molecule has 0 atom stereocenters. The maximum Gasteiger partial charge on any atom is 0.286 e. The van der Waals surface area contributed by atoms with Crippen molar-refractivity contribution in [1.29, 1.82) is 0 Å². The molecule has 176 valence electrons. The lowest BCUT2D eigenvalue weighted by Crippen LogP contribution is -2.48. The molecule has 1 saturated heterocycles. The number of rotatable bonds is 6. The number of anilines is 2. The Hall–Kier alpha value is -3.07. The molecule has 1 fully saturated rings. The van der Waals surface area contributed by atoms with Gasteiger partial charge in [-0.2, -0.15) is 8.42 Å². The number of ether oxygens (including phenoxy) is 1. The van der Waals surface area contributed by atoms with E-state index in [-0.39, 0.29) is 10.8 Å². The number of carbonyl (C=O) groups excluding carboxylic acids is 1. The van der Waals surface area contributed by atoms with Gasteiger partial charge in [-0.25, -0.2) is 0 Å². The molecular formula is C24H30N4O4S. The number of carbonyl (C=O) groups is 1. The Kier molecular flexibility index (Phi) is 6.60. The smallest absolute Gasteiger partial charge is 0.286 e. The van der Waals surface area contributed by atoms with Crippen molar-refractivity contribution < 1.29 is 17.9 Å². The number of hydrogen-bond acceptors (Lipinski definition) is 6. The monoisotopic (exact) mass is 470 g/mol. The largest absolute Gasteiger partial charge is 0.497 e. The Bertz CT molecular complexity index is 1150. The van der Waals surface area contributed by atoms with Crippen molar-refractivity contribution in [3.63, 3.8) is 0 Å².